The molecule has 0 atom stereocenters. The Bertz CT molecular complexity index is 768. The lowest BCUT2D eigenvalue weighted by atomic mass is 10.1. The van der Waals surface area contributed by atoms with Crippen molar-refractivity contribution in [2.75, 3.05) is 6.54 Å². The number of nitrogens with zero attached hydrogens (tertiary/aromatic N) is 1. The molecule has 0 spiro atoms. The van der Waals surface area contributed by atoms with Crippen molar-refractivity contribution in [2.45, 2.75) is 6.42 Å². The van der Waals surface area contributed by atoms with Crippen LogP contribution in [0.1, 0.15) is 15.2 Å². The summed E-state index contributed by atoms with van der Waals surface area (Å²) in [5.74, 6) is -0.0812. The van der Waals surface area contributed by atoms with Gasteiger partial charge in [-0.3, -0.25) is 4.79 Å². The molecule has 2 aromatic heterocycles. The highest BCUT2D eigenvalue weighted by molar-refractivity contribution is 7.21. The van der Waals surface area contributed by atoms with Crippen LogP contribution < -0.4 is 5.32 Å². The second-order valence-electron chi connectivity index (χ2n) is 4.64. The predicted octanol–water partition coefficient (Wildman–Crippen LogP) is 4.50. The minimum Gasteiger partial charge on any atom is -0.351 e. The summed E-state index contributed by atoms with van der Waals surface area (Å²) in [5.41, 5.74) is 1.11. The number of thiazole rings is 1. The van der Waals surface area contributed by atoms with E-state index in [0.717, 1.165) is 21.9 Å². The molecule has 1 amide bonds. The van der Waals surface area contributed by atoms with E-state index in [1.165, 1.54) is 11.3 Å². The van der Waals surface area contributed by atoms with Gasteiger partial charge in [0.25, 0.3) is 5.91 Å². The van der Waals surface area contributed by atoms with Crippen molar-refractivity contribution in [3.63, 3.8) is 0 Å². The molecule has 22 heavy (non-hydrogen) atoms. The highest BCUT2D eigenvalue weighted by Gasteiger charge is 2.11. The third-order valence-electron chi connectivity index (χ3n) is 3.05. The van der Waals surface area contributed by atoms with Crippen molar-refractivity contribution in [3.8, 4) is 9.88 Å². The van der Waals surface area contributed by atoms with E-state index in [-0.39, 0.29) is 5.91 Å². The van der Waals surface area contributed by atoms with Crippen LogP contribution in [0.3, 0.4) is 0 Å². The van der Waals surface area contributed by atoms with Gasteiger partial charge >= 0.3 is 0 Å². The maximum Gasteiger partial charge on any atom is 0.263 e. The van der Waals surface area contributed by atoms with Crippen molar-refractivity contribution in [1.82, 2.24) is 10.3 Å². The quantitative estimate of drug-likeness (QED) is 0.737. The Kier molecular flexibility index (Phi) is 4.87. The van der Waals surface area contributed by atoms with Gasteiger partial charge in [0.1, 0.15) is 9.88 Å². The zero-order valence-corrected chi connectivity index (χ0v) is 14.0. The second kappa shape index (κ2) is 7.05. The van der Waals surface area contributed by atoms with Crippen molar-refractivity contribution >= 4 is 40.2 Å². The Morgan fingerprint density at radius 3 is 2.95 bits per heavy atom. The smallest absolute Gasteiger partial charge is 0.263 e. The zero-order chi connectivity index (χ0) is 15.4. The SMILES string of the molecule is O=C(NCCc1cccc(Cl)c1)c1cnc(-c2cccs2)s1. The average molecular weight is 349 g/mol. The van der Waals surface area contributed by atoms with Crippen LogP contribution in [0.4, 0.5) is 0 Å². The molecule has 3 aromatic rings. The first-order chi connectivity index (χ1) is 10.7. The number of benzene rings is 1. The van der Waals surface area contributed by atoms with Gasteiger partial charge in [-0.15, -0.1) is 22.7 Å². The number of hydrogen-bond acceptors (Lipinski definition) is 4. The van der Waals surface area contributed by atoms with Crippen LogP contribution in [0.2, 0.25) is 5.02 Å². The number of thiophene rings is 1. The largest absolute Gasteiger partial charge is 0.351 e. The molecule has 3 rings (SSSR count). The number of carbonyl (C=O) groups excluding carboxylic acids is 1. The zero-order valence-electron chi connectivity index (χ0n) is 11.6. The Hall–Kier alpha value is -1.69. The van der Waals surface area contributed by atoms with Gasteiger partial charge in [-0.25, -0.2) is 4.98 Å². The van der Waals surface area contributed by atoms with Crippen molar-refractivity contribution in [1.29, 1.82) is 0 Å². The minimum absolute atomic E-state index is 0.0812. The molecule has 6 heteroatoms. The molecule has 112 valence electrons. The number of carbonyl (C=O) groups is 1. The number of amides is 1. The number of aromatic nitrogens is 1. The highest BCUT2D eigenvalue weighted by Crippen LogP contribution is 2.28. The molecule has 0 saturated heterocycles. The number of halogens is 1. The standard InChI is InChI=1S/C16H13ClN2OS2/c17-12-4-1-3-11(9-12)6-7-18-15(20)14-10-19-16(22-14)13-5-2-8-21-13/h1-5,8-10H,6-7H2,(H,18,20). The Morgan fingerprint density at radius 2 is 2.18 bits per heavy atom. The summed E-state index contributed by atoms with van der Waals surface area (Å²) in [4.78, 5) is 18.1. The van der Waals surface area contributed by atoms with E-state index < -0.39 is 0 Å². The lowest BCUT2D eigenvalue weighted by Gasteiger charge is -2.04. The molecule has 0 aliphatic heterocycles. The lowest BCUT2D eigenvalue weighted by molar-refractivity contribution is 0.0958. The van der Waals surface area contributed by atoms with Crippen molar-refractivity contribution in [3.05, 3.63) is 63.4 Å². The summed E-state index contributed by atoms with van der Waals surface area (Å²) >= 11 is 8.98. The summed E-state index contributed by atoms with van der Waals surface area (Å²) in [6.07, 6.45) is 2.39. The molecule has 0 saturated carbocycles. The lowest BCUT2D eigenvalue weighted by Crippen LogP contribution is -2.24. The Labute approximate surface area is 141 Å². The molecule has 2 heterocycles. The summed E-state index contributed by atoms with van der Waals surface area (Å²) in [7, 11) is 0. The van der Waals surface area contributed by atoms with E-state index in [9.17, 15) is 4.79 Å². The summed E-state index contributed by atoms with van der Waals surface area (Å²) in [6, 6.07) is 11.6. The van der Waals surface area contributed by atoms with Crippen LogP contribution in [0, 0.1) is 0 Å². The fourth-order valence-electron chi connectivity index (χ4n) is 1.99. The predicted molar refractivity (Wildman–Crippen MR) is 92.9 cm³/mol. The number of rotatable bonds is 5. The van der Waals surface area contributed by atoms with Crippen LogP contribution in [0.25, 0.3) is 9.88 Å². The van der Waals surface area contributed by atoms with E-state index in [1.807, 2.05) is 41.8 Å². The monoisotopic (exact) mass is 348 g/mol. The molecule has 0 bridgehead atoms. The number of hydrogen-bond donors (Lipinski definition) is 1. The van der Waals surface area contributed by atoms with Crippen molar-refractivity contribution in [2.24, 2.45) is 0 Å². The van der Waals surface area contributed by atoms with Gasteiger partial charge < -0.3 is 5.32 Å². The normalized spacial score (nSPS) is 10.6. The van der Waals surface area contributed by atoms with Gasteiger partial charge in [-0.1, -0.05) is 29.8 Å². The third-order valence-corrected chi connectivity index (χ3v) is 5.32. The van der Waals surface area contributed by atoms with Crippen LogP contribution in [-0.4, -0.2) is 17.4 Å². The maximum absolute atomic E-state index is 12.1. The van der Waals surface area contributed by atoms with Crippen LogP contribution in [0.5, 0.6) is 0 Å². The second-order valence-corrected chi connectivity index (χ2v) is 7.06. The Morgan fingerprint density at radius 1 is 1.27 bits per heavy atom. The minimum atomic E-state index is -0.0812. The number of nitrogens with one attached hydrogen (secondary N) is 1. The van der Waals surface area contributed by atoms with Gasteiger partial charge in [-0.2, -0.15) is 0 Å². The average Bonchev–Trinajstić information content (AvgIpc) is 3.18. The molecule has 0 radical (unpaired) electrons. The van der Waals surface area contributed by atoms with E-state index in [0.29, 0.717) is 16.4 Å². The molecule has 0 aliphatic rings. The molecular weight excluding hydrogens is 336 g/mol. The summed E-state index contributed by atoms with van der Waals surface area (Å²) in [5, 5.41) is 6.52. The first kappa shape index (κ1) is 15.2. The molecule has 1 N–H and O–H groups in total. The van der Waals surface area contributed by atoms with E-state index in [4.69, 9.17) is 11.6 Å². The molecule has 3 nitrogen and oxygen atoms in total. The fourth-order valence-corrected chi connectivity index (χ4v) is 3.84. The maximum atomic E-state index is 12.1. The van der Waals surface area contributed by atoms with E-state index >= 15 is 0 Å². The van der Waals surface area contributed by atoms with Crippen LogP contribution in [-0.2, 0) is 6.42 Å². The Balaban J connectivity index is 1.56. The van der Waals surface area contributed by atoms with Crippen LogP contribution in [0.15, 0.2) is 48.0 Å². The highest BCUT2D eigenvalue weighted by atomic mass is 35.5. The van der Waals surface area contributed by atoms with Gasteiger partial charge in [0.15, 0.2) is 0 Å². The molecular formula is C16H13ClN2OS2. The summed E-state index contributed by atoms with van der Waals surface area (Å²) in [6.45, 7) is 0.575. The molecule has 0 aliphatic carbocycles. The van der Waals surface area contributed by atoms with Gasteiger partial charge in [0, 0.05) is 11.6 Å². The molecule has 0 fully saturated rings. The van der Waals surface area contributed by atoms with E-state index in [1.54, 1.807) is 17.5 Å². The summed E-state index contributed by atoms with van der Waals surface area (Å²) < 4.78 is 0. The first-order valence-electron chi connectivity index (χ1n) is 6.75. The van der Waals surface area contributed by atoms with Gasteiger partial charge in [-0.05, 0) is 35.6 Å². The van der Waals surface area contributed by atoms with Gasteiger partial charge in [0.2, 0.25) is 0 Å². The van der Waals surface area contributed by atoms with Crippen molar-refractivity contribution < 1.29 is 4.79 Å². The first-order valence-corrected chi connectivity index (χ1v) is 8.82. The van der Waals surface area contributed by atoms with Gasteiger partial charge in [0.05, 0.1) is 11.1 Å². The third kappa shape index (κ3) is 3.74. The fraction of sp³-hybridized carbons (Fsp3) is 0.125. The molecule has 1 aromatic carbocycles. The van der Waals surface area contributed by atoms with E-state index in [2.05, 4.69) is 10.3 Å². The molecule has 0 unspecified atom stereocenters. The topological polar surface area (TPSA) is 42.0 Å². The van der Waals surface area contributed by atoms with Crippen LogP contribution >= 0.6 is 34.3 Å².